The van der Waals surface area contributed by atoms with Crippen LogP contribution in [0.1, 0.15) is 51.8 Å². The number of ether oxygens (including phenoxy) is 1. The third kappa shape index (κ3) is 7.79. The van der Waals surface area contributed by atoms with Gasteiger partial charge in [0.1, 0.15) is 23.4 Å². The fraction of sp³-hybridized carbons (Fsp3) is 0.423. The van der Waals surface area contributed by atoms with Crippen molar-refractivity contribution in [3.63, 3.8) is 0 Å². The molecule has 8 heteroatoms. The molecule has 3 N–H and O–H groups in total. The first kappa shape index (κ1) is 26.7. The average Bonchev–Trinajstić information content (AvgIpc) is 2.76. The molecule has 2 atom stereocenters. The number of benzene rings is 2. The topological polar surface area (TPSA) is 108 Å². The van der Waals surface area contributed by atoms with Gasteiger partial charge < -0.3 is 25.4 Å². The van der Waals surface area contributed by atoms with Crippen molar-refractivity contribution in [2.24, 2.45) is 5.92 Å². The van der Waals surface area contributed by atoms with Gasteiger partial charge in [-0.15, -0.1) is 0 Å². The van der Waals surface area contributed by atoms with E-state index in [1.54, 1.807) is 46.8 Å². The van der Waals surface area contributed by atoms with Crippen LogP contribution in [0.15, 0.2) is 54.6 Å². The number of phenols is 1. The van der Waals surface area contributed by atoms with Gasteiger partial charge in [0, 0.05) is 13.6 Å². The van der Waals surface area contributed by atoms with E-state index in [1.165, 1.54) is 24.1 Å². The number of carbonyl (C=O) groups excluding carboxylic acids is 3. The molecule has 34 heavy (non-hydrogen) atoms. The first-order valence-corrected chi connectivity index (χ1v) is 11.3. The molecule has 3 amide bonds. The molecule has 0 spiro atoms. The molecule has 0 aliphatic carbocycles. The van der Waals surface area contributed by atoms with Gasteiger partial charge in [-0.25, -0.2) is 4.79 Å². The lowest BCUT2D eigenvalue weighted by molar-refractivity contribution is -0.141. The van der Waals surface area contributed by atoms with Gasteiger partial charge in [-0.05, 0) is 49.9 Å². The molecular weight excluding hydrogens is 434 g/mol. The molecule has 0 heterocycles. The number of aromatic hydroxyl groups is 1. The number of hydrogen-bond acceptors (Lipinski definition) is 5. The van der Waals surface area contributed by atoms with E-state index < -0.39 is 29.7 Å². The summed E-state index contributed by atoms with van der Waals surface area (Å²) in [7, 11) is 1.52. The lowest BCUT2D eigenvalue weighted by Crippen LogP contribution is -2.53. The average molecular weight is 470 g/mol. The highest BCUT2D eigenvalue weighted by molar-refractivity contribution is 5.92. The molecule has 0 bridgehead atoms. The number of likely N-dealkylation sites (N-methyl/N-ethyl adjacent to an activating group) is 1. The maximum absolute atomic E-state index is 13.5. The van der Waals surface area contributed by atoms with Crippen LogP contribution in [0.5, 0.6) is 5.75 Å². The second kappa shape index (κ2) is 11.5. The Kier molecular flexibility index (Phi) is 9.06. The van der Waals surface area contributed by atoms with Gasteiger partial charge in [-0.3, -0.25) is 9.59 Å². The molecule has 0 aliphatic heterocycles. The standard InChI is InChI=1S/C26H35N3O5/c1-17(2)21(28-25(33)34-26(3,4)5)24(32)29(6)22(19-12-14-20(30)15-13-19)23(31)27-16-18-10-8-7-9-11-18/h7-15,17,21-22,30H,16H2,1-6H3,(H,27,31)(H,28,33). The van der Waals surface area contributed by atoms with Gasteiger partial charge in [0.25, 0.3) is 0 Å². The highest BCUT2D eigenvalue weighted by Crippen LogP contribution is 2.24. The lowest BCUT2D eigenvalue weighted by Gasteiger charge is -2.33. The minimum Gasteiger partial charge on any atom is -0.508 e. The van der Waals surface area contributed by atoms with Gasteiger partial charge >= 0.3 is 6.09 Å². The Morgan fingerprint density at radius 2 is 1.59 bits per heavy atom. The van der Waals surface area contributed by atoms with Crippen LogP contribution >= 0.6 is 0 Å². The fourth-order valence-electron chi connectivity index (χ4n) is 3.38. The molecule has 2 aromatic carbocycles. The van der Waals surface area contributed by atoms with Crippen LogP contribution in [0.3, 0.4) is 0 Å². The summed E-state index contributed by atoms with van der Waals surface area (Å²) < 4.78 is 5.31. The van der Waals surface area contributed by atoms with Crippen LogP contribution in [0, 0.1) is 5.92 Å². The minimum atomic E-state index is -0.974. The van der Waals surface area contributed by atoms with Crippen molar-refractivity contribution in [2.75, 3.05) is 7.05 Å². The monoisotopic (exact) mass is 469 g/mol. The smallest absolute Gasteiger partial charge is 0.408 e. The van der Waals surface area contributed by atoms with E-state index in [9.17, 15) is 19.5 Å². The van der Waals surface area contributed by atoms with Crippen molar-refractivity contribution in [1.29, 1.82) is 0 Å². The summed E-state index contributed by atoms with van der Waals surface area (Å²) in [5, 5.41) is 15.2. The Balaban J connectivity index is 2.28. The second-order valence-corrected chi connectivity index (χ2v) is 9.51. The molecule has 2 aromatic rings. The first-order chi connectivity index (χ1) is 15.9. The lowest BCUT2D eigenvalue weighted by atomic mass is 9.99. The third-order valence-electron chi connectivity index (χ3n) is 5.11. The Morgan fingerprint density at radius 3 is 2.12 bits per heavy atom. The third-order valence-corrected chi connectivity index (χ3v) is 5.11. The summed E-state index contributed by atoms with van der Waals surface area (Å²) in [5.74, 6) is -1.03. The zero-order chi connectivity index (χ0) is 25.5. The van der Waals surface area contributed by atoms with Crippen LogP contribution in [-0.4, -0.2) is 46.6 Å². The SMILES string of the molecule is CC(C)C(NC(=O)OC(C)(C)C)C(=O)N(C)C(C(=O)NCc1ccccc1)c1ccc(O)cc1. The molecule has 0 radical (unpaired) electrons. The summed E-state index contributed by atoms with van der Waals surface area (Å²) in [6.45, 7) is 9.12. The Bertz CT molecular complexity index is 968. The molecule has 184 valence electrons. The maximum Gasteiger partial charge on any atom is 0.408 e. The molecule has 2 rings (SSSR count). The van der Waals surface area contributed by atoms with Crippen molar-refractivity contribution >= 4 is 17.9 Å². The van der Waals surface area contributed by atoms with Gasteiger partial charge in [0.15, 0.2) is 0 Å². The summed E-state index contributed by atoms with van der Waals surface area (Å²) in [6, 6.07) is 13.7. The predicted molar refractivity (Wildman–Crippen MR) is 130 cm³/mol. The number of rotatable bonds is 8. The second-order valence-electron chi connectivity index (χ2n) is 9.51. The van der Waals surface area contributed by atoms with E-state index in [0.717, 1.165) is 5.56 Å². The van der Waals surface area contributed by atoms with Crippen LogP contribution in [-0.2, 0) is 20.9 Å². The van der Waals surface area contributed by atoms with Crippen molar-refractivity contribution in [3.05, 3.63) is 65.7 Å². The van der Waals surface area contributed by atoms with Gasteiger partial charge in [-0.1, -0.05) is 56.3 Å². The summed E-state index contributed by atoms with van der Waals surface area (Å²) in [5.41, 5.74) is 0.729. The molecule has 2 unspecified atom stereocenters. The zero-order valence-electron chi connectivity index (χ0n) is 20.7. The number of phenolic OH excluding ortho intramolecular Hbond substituents is 1. The molecule has 8 nitrogen and oxygen atoms in total. The van der Waals surface area contributed by atoms with E-state index >= 15 is 0 Å². The summed E-state index contributed by atoms with van der Waals surface area (Å²) in [4.78, 5) is 40.4. The van der Waals surface area contributed by atoms with Crippen molar-refractivity contribution < 1.29 is 24.2 Å². The zero-order valence-corrected chi connectivity index (χ0v) is 20.7. The number of carbonyl (C=O) groups is 3. The Hall–Kier alpha value is -3.55. The Labute approximate surface area is 201 Å². The van der Waals surface area contributed by atoms with Crippen LogP contribution < -0.4 is 10.6 Å². The Morgan fingerprint density at radius 1 is 1.00 bits per heavy atom. The molecule has 0 saturated carbocycles. The minimum absolute atomic E-state index is 0.0489. The number of amides is 3. The summed E-state index contributed by atoms with van der Waals surface area (Å²) in [6.07, 6.45) is -0.706. The van der Waals surface area contributed by atoms with Crippen LogP contribution in [0.2, 0.25) is 0 Å². The van der Waals surface area contributed by atoms with E-state index in [4.69, 9.17) is 4.74 Å². The maximum atomic E-state index is 13.5. The molecule has 0 saturated heterocycles. The number of alkyl carbamates (subject to hydrolysis) is 1. The van der Waals surface area contributed by atoms with Crippen molar-refractivity contribution in [1.82, 2.24) is 15.5 Å². The highest BCUT2D eigenvalue weighted by Gasteiger charge is 2.35. The van der Waals surface area contributed by atoms with Gasteiger partial charge in [-0.2, -0.15) is 0 Å². The molecule has 0 aromatic heterocycles. The largest absolute Gasteiger partial charge is 0.508 e. The number of nitrogens with one attached hydrogen (secondary N) is 2. The normalized spacial score (nSPS) is 13.0. The first-order valence-electron chi connectivity index (χ1n) is 11.3. The molecular formula is C26H35N3O5. The number of nitrogens with zero attached hydrogens (tertiary/aromatic N) is 1. The molecule has 0 aliphatic rings. The quantitative estimate of drug-likeness (QED) is 0.546. The van der Waals surface area contributed by atoms with Crippen molar-refractivity contribution in [2.45, 2.75) is 58.8 Å². The van der Waals surface area contributed by atoms with Gasteiger partial charge in [0.05, 0.1) is 0 Å². The summed E-state index contributed by atoms with van der Waals surface area (Å²) >= 11 is 0. The van der Waals surface area contributed by atoms with Gasteiger partial charge in [0.2, 0.25) is 11.8 Å². The van der Waals surface area contributed by atoms with E-state index in [2.05, 4.69) is 10.6 Å². The van der Waals surface area contributed by atoms with E-state index in [0.29, 0.717) is 12.1 Å². The number of hydrogen-bond donors (Lipinski definition) is 3. The molecule has 0 fully saturated rings. The van der Waals surface area contributed by atoms with Crippen LogP contribution in [0.4, 0.5) is 4.79 Å². The van der Waals surface area contributed by atoms with Crippen LogP contribution in [0.25, 0.3) is 0 Å². The van der Waals surface area contributed by atoms with Crippen molar-refractivity contribution in [3.8, 4) is 5.75 Å². The van der Waals surface area contributed by atoms with E-state index in [-0.39, 0.29) is 17.6 Å². The highest BCUT2D eigenvalue weighted by atomic mass is 16.6. The fourth-order valence-corrected chi connectivity index (χ4v) is 3.38. The predicted octanol–water partition coefficient (Wildman–Crippen LogP) is 3.76. The van der Waals surface area contributed by atoms with E-state index in [1.807, 2.05) is 30.3 Å².